The number of hydrogen-bond donors (Lipinski definition) is 3. The maximum Gasteiger partial charge on any atom is 0.264 e. The minimum absolute atomic E-state index is 0.0938. The molecule has 1 fully saturated rings. The first-order valence-electron chi connectivity index (χ1n) is 17.5. The molecule has 2 aliphatic rings. The van der Waals surface area contributed by atoms with E-state index in [1.807, 2.05) is 117 Å². The number of carbonyl (C=O) groups is 2. The predicted molar refractivity (Wildman–Crippen MR) is 205 cm³/mol. The summed E-state index contributed by atoms with van der Waals surface area (Å²) in [7, 11) is -2.87. The van der Waals surface area contributed by atoms with Crippen LogP contribution in [0.1, 0.15) is 52.0 Å². The SMILES string of the molecule is C[C@H]1[C@H]([Si](C)(C)O)[C@@H](CCn2cc(C(CO)c3ccccc3)nn2)O[C@]12C(=O)N(Cc1ccc(NC(=O)c3ccccc3)cc1)c1ccc(Br)cc12. The number of hydrogen-bond acceptors (Lipinski definition) is 7. The number of anilines is 2. The minimum Gasteiger partial charge on any atom is -0.432 e. The Balaban J connectivity index is 1.13. The van der Waals surface area contributed by atoms with Gasteiger partial charge >= 0.3 is 0 Å². The summed E-state index contributed by atoms with van der Waals surface area (Å²) in [5, 5.41) is 21.8. The number of fused-ring (bicyclic) bond motifs is 2. The first-order valence-corrected chi connectivity index (χ1v) is 21.3. The fourth-order valence-electron chi connectivity index (χ4n) is 8.04. The van der Waals surface area contributed by atoms with Crippen molar-refractivity contribution in [2.24, 2.45) is 5.92 Å². The van der Waals surface area contributed by atoms with Crippen LogP contribution in [0.3, 0.4) is 0 Å². The molecule has 12 heteroatoms. The smallest absolute Gasteiger partial charge is 0.264 e. The minimum atomic E-state index is -2.87. The summed E-state index contributed by atoms with van der Waals surface area (Å²) in [5.41, 5.74) is 3.79. The highest BCUT2D eigenvalue weighted by atomic mass is 79.9. The van der Waals surface area contributed by atoms with Crippen molar-refractivity contribution in [3.05, 3.63) is 142 Å². The van der Waals surface area contributed by atoms with Crippen LogP contribution < -0.4 is 10.2 Å². The van der Waals surface area contributed by atoms with Crippen LogP contribution in [0, 0.1) is 5.92 Å². The van der Waals surface area contributed by atoms with Gasteiger partial charge in [-0.15, -0.1) is 5.10 Å². The van der Waals surface area contributed by atoms with Gasteiger partial charge in [0.1, 0.15) is 0 Å². The number of ether oxygens (including phenoxy) is 1. The van der Waals surface area contributed by atoms with E-state index in [2.05, 4.69) is 31.6 Å². The lowest BCUT2D eigenvalue weighted by Crippen LogP contribution is -2.46. The van der Waals surface area contributed by atoms with Crippen LogP contribution in [0.15, 0.2) is 114 Å². The lowest BCUT2D eigenvalue weighted by Gasteiger charge is -2.32. The van der Waals surface area contributed by atoms with Crippen LogP contribution in [-0.4, -0.2) is 57.7 Å². The number of amides is 2. The van der Waals surface area contributed by atoms with Gasteiger partial charge in [0.2, 0.25) is 0 Å². The Bertz CT molecular complexity index is 2060. The second kappa shape index (κ2) is 14.5. The number of nitrogens with zero attached hydrogens (tertiary/aromatic N) is 4. The fourth-order valence-corrected chi connectivity index (χ4v) is 11.0. The van der Waals surface area contributed by atoms with E-state index in [0.29, 0.717) is 36.5 Å². The number of nitrogens with one attached hydrogen (secondary N) is 1. The molecule has 1 aromatic heterocycles. The average Bonchev–Trinajstić information content (AvgIpc) is 3.79. The van der Waals surface area contributed by atoms with Crippen molar-refractivity contribution in [3.63, 3.8) is 0 Å². The number of carbonyl (C=O) groups excluding carboxylic acids is 2. The van der Waals surface area contributed by atoms with Crippen molar-refractivity contribution in [1.29, 1.82) is 0 Å². The van der Waals surface area contributed by atoms with Crippen molar-refractivity contribution in [3.8, 4) is 0 Å². The van der Waals surface area contributed by atoms with Gasteiger partial charge in [-0.05, 0) is 73.1 Å². The highest BCUT2D eigenvalue weighted by Gasteiger charge is 2.66. The molecule has 3 N–H and O–H groups in total. The van der Waals surface area contributed by atoms with E-state index in [-0.39, 0.29) is 35.8 Å². The Kier molecular flexibility index (Phi) is 10.0. The third-order valence-electron chi connectivity index (χ3n) is 10.5. The van der Waals surface area contributed by atoms with Crippen LogP contribution in [0.5, 0.6) is 0 Å². The van der Waals surface area contributed by atoms with Crippen molar-refractivity contribution >= 4 is 47.4 Å². The van der Waals surface area contributed by atoms with E-state index in [9.17, 15) is 19.5 Å². The van der Waals surface area contributed by atoms with Gasteiger partial charge in [-0.1, -0.05) is 88.7 Å². The molecule has 2 aliphatic heterocycles. The standard InChI is InChI=1S/C40H42BrN5O5Si/c1-26-37(52(2,3)50)36(20-21-45-24-34(43-44-45)32(25-47)28-10-6-4-7-11-28)51-40(26)33-22-30(41)16-19-35(33)46(39(40)49)23-27-14-17-31(18-15-27)42-38(48)29-12-8-5-9-13-29/h4-19,22,24,26,32,36-37,47,50H,20-21,23,25H2,1-3H3,(H,42,48)/t26-,32?,36+,37-,40+/m0/s1. The Morgan fingerprint density at radius 1 is 1.02 bits per heavy atom. The lowest BCUT2D eigenvalue weighted by atomic mass is 9.82. The van der Waals surface area contributed by atoms with E-state index in [4.69, 9.17) is 4.74 Å². The van der Waals surface area contributed by atoms with Gasteiger partial charge < -0.3 is 24.9 Å². The van der Waals surface area contributed by atoms with Crippen LogP contribution in [0.25, 0.3) is 0 Å². The second-order valence-corrected chi connectivity index (χ2v) is 19.2. The van der Waals surface area contributed by atoms with E-state index in [0.717, 1.165) is 26.9 Å². The average molecular weight is 781 g/mol. The summed E-state index contributed by atoms with van der Waals surface area (Å²) in [4.78, 5) is 41.0. The molecule has 3 heterocycles. The molecule has 0 bridgehead atoms. The zero-order valence-electron chi connectivity index (χ0n) is 29.3. The Labute approximate surface area is 312 Å². The first kappa shape index (κ1) is 35.9. The molecule has 2 amide bonds. The number of aliphatic hydroxyl groups excluding tert-OH is 1. The van der Waals surface area contributed by atoms with Gasteiger partial charge in [0.15, 0.2) is 13.9 Å². The molecule has 5 atom stereocenters. The Morgan fingerprint density at radius 3 is 2.38 bits per heavy atom. The largest absolute Gasteiger partial charge is 0.432 e. The summed E-state index contributed by atoms with van der Waals surface area (Å²) in [6.07, 6.45) is 1.95. The highest BCUT2D eigenvalue weighted by Crippen LogP contribution is 2.60. The van der Waals surface area contributed by atoms with Gasteiger partial charge in [-0.25, -0.2) is 0 Å². The van der Waals surface area contributed by atoms with Crippen molar-refractivity contribution in [2.45, 2.75) is 62.7 Å². The molecule has 5 aromatic rings. The topological polar surface area (TPSA) is 130 Å². The maximum absolute atomic E-state index is 14.8. The number of aryl methyl sites for hydroxylation is 1. The summed E-state index contributed by atoms with van der Waals surface area (Å²) in [6.45, 7) is 6.54. The van der Waals surface area contributed by atoms with E-state index in [1.54, 1.807) is 21.7 Å². The van der Waals surface area contributed by atoms with Gasteiger partial charge in [-0.3, -0.25) is 14.3 Å². The monoisotopic (exact) mass is 779 g/mol. The van der Waals surface area contributed by atoms with Crippen molar-refractivity contribution in [2.75, 3.05) is 16.8 Å². The lowest BCUT2D eigenvalue weighted by molar-refractivity contribution is -0.146. The number of aromatic nitrogens is 3. The molecule has 1 saturated heterocycles. The quantitative estimate of drug-likeness (QED) is 0.125. The number of rotatable bonds is 11. The molecule has 4 aromatic carbocycles. The van der Waals surface area contributed by atoms with Gasteiger partial charge in [0.25, 0.3) is 11.8 Å². The third-order valence-corrected chi connectivity index (χ3v) is 13.5. The van der Waals surface area contributed by atoms with Crippen LogP contribution >= 0.6 is 15.9 Å². The highest BCUT2D eigenvalue weighted by molar-refractivity contribution is 9.10. The van der Waals surface area contributed by atoms with E-state index < -0.39 is 20.0 Å². The van der Waals surface area contributed by atoms with Crippen LogP contribution in [-0.2, 0) is 28.2 Å². The molecule has 0 aliphatic carbocycles. The summed E-state index contributed by atoms with van der Waals surface area (Å²) in [5.74, 6) is -0.952. The first-order chi connectivity index (χ1) is 25.0. The second-order valence-electron chi connectivity index (χ2n) is 14.3. The van der Waals surface area contributed by atoms with Gasteiger partial charge in [-0.2, -0.15) is 0 Å². The molecular weight excluding hydrogens is 738 g/mol. The predicted octanol–water partition coefficient (Wildman–Crippen LogP) is 6.85. The summed E-state index contributed by atoms with van der Waals surface area (Å²) in [6, 6.07) is 32.1. The molecule has 0 saturated carbocycles. The molecule has 0 radical (unpaired) electrons. The fraction of sp³-hybridized carbons (Fsp3) is 0.300. The molecular formula is C40H42BrN5O5Si. The van der Waals surface area contributed by atoms with E-state index >= 15 is 0 Å². The molecule has 268 valence electrons. The molecule has 1 unspecified atom stereocenters. The van der Waals surface area contributed by atoms with Gasteiger partial charge in [0.05, 0.1) is 36.6 Å². The number of aliphatic hydroxyl groups is 1. The normalized spacial score (nSPS) is 21.8. The maximum atomic E-state index is 14.8. The molecule has 52 heavy (non-hydrogen) atoms. The zero-order chi connectivity index (χ0) is 36.6. The van der Waals surface area contributed by atoms with Crippen LogP contribution in [0.2, 0.25) is 18.6 Å². The Morgan fingerprint density at radius 2 is 1.71 bits per heavy atom. The van der Waals surface area contributed by atoms with Crippen LogP contribution in [0.4, 0.5) is 11.4 Å². The number of benzene rings is 4. The third kappa shape index (κ3) is 6.77. The zero-order valence-corrected chi connectivity index (χ0v) is 31.9. The van der Waals surface area contributed by atoms with E-state index in [1.165, 1.54) is 0 Å². The molecule has 10 nitrogen and oxygen atoms in total. The van der Waals surface area contributed by atoms with Crippen molar-refractivity contribution < 1.29 is 24.2 Å². The summed E-state index contributed by atoms with van der Waals surface area (Å²) < 4.78 is 9.60. The molecule has 1 spiro atoms. The summed E-state index contributed by atoms with van der Waals surface area (Å²) >= 11 is 3.64. The Hall–Kier alpha value is -4.46. The van der Waals surface area contributed by atoms with Gasteiger partial charge in [0, 0.05) is 45.5 Å². The van der Waals surface area contributed by atoms with Crippen molar-refractivity contribution in [1.82, 2.24) is 15.0 Å². The molecule has 7 rings (SSSR count). The number of halogens is 1.